The number of nitrogens with zero attached hydrogens (tertiary/aromatic N) is 1. The van der Waals surface area contributed by atoms with Crippen LogP contribution in [0, 0.1) is 10.1 Å². The number of esters is 1. The minimum Gasteiger partial charge on any atom is -0.495 e. The summed E-state index contributed by atoms with van der Waals surface area (Å²) in [5, 5.41) is 13.3. The number of hydrogen-bond acceptors (Lipinski definition) is 6. The van der Waals surface area contributed by atoms with Crippen molar-refractivity contribution in [3.8, 4) is 5.75 Å². The van der Waals surface area contributed by atoms with E-state index in [9.17, 15) is 19.7 Å². The number of carbonyl (C=O) groups excluding carboxylic acids is 2. The highest BCUT2D eigenvalue weighted by atomic mass is 16.6. The summed E-state index contributed by atoms with van der Waals surface area (Å²) in [4.78, 5) is 33.9. The first-order valence-corrected chi connectivity index (χ1v) is 7.81. The topological polar surface area (TPSA) is 108 Å². The van der Waals surface area contributed by atoms with Crippen LogP contribution in [0.15, 0.2) is 48.5 Å². The number of benzene rings is 2. The molecule has 8 heteroatoms. The normalized spacial score (nSPS) is 10.0. The highest BCUT2D eigenvalue weighted by Gasteiger charge is 2.15. The summed E-state index contributed by atoms with van der Waals surface area (Å²) in [5.74, 6) is -0.855. The summed E-state index contributed by atoms with van der Waals surface area (Å²) in [7, 11) is 1.38. The molecule has 0 radical (unpaired) electrons. The van der Waals surface area contributed by atoms with Crippen LogP contribution in [0.2, 0.25) is 0 Å². The quantitative estimate of drug-likeness (QED) is 0.442. The van der Waals surface area contributed by atoms with Gasteiger partial charge in [-0.1, -0.05) is 30.3 Å². The van der Waals surface area contributed by atoms with Crippen LogP contribution < -0.4 is 10.1 Å². The van der Waals surface area contributed by atoms with Crippen molar-refractivity contribution in [2.75, 3.05) is 19.0 Å². The van der Waals surface area contributed by atoms with Gasteiger partial charge in [0.15, 0.2) is 6.61 Å². The lowest BCUT2D eigenvalue weighted by Crippen LogP contribution is -2.21. The highest BCUT2D eigenvalue weighted by Crippen LogP contribution is 2.28. The minimum atomic E-state index is -0.614. The van der Waals surface area contributed by atoms with E-state index in [4.69, 9.17) is 9.47 Å². The zero-order valence-electron chi connectivity index (χ0n) is 14.1. The van der Waals surface area contributed by atoms with Crippen LogP contribution in [0.1, 0.15) is 12.0 Å². The second-order valence-corrected chi connectivity index (χ2v) is 5.34. The maximum absolute atomic E-state index is 11.9. The second kappa shape index (κ2) is 9.16. The van der Waals surface area contributed by atoms with Crippen molar-refractivity contribution in [2.24, 2.45) is 0 Å². The van der Waals surface area contributed by atoms with Crippen molar-refractivity contribution in [1.29, 1.82) is 0 Å². The fourth-order valence-electron chi connectivity index (χ4n) is 2.20. The number of amides is 1. The Bertz CT molecular complexity index is 792. The second-order valence-electron chi connectivity index (χ2n) is 5.34. The SMILES string of the molecule is COc1ccc([N+](=O)[O-])cc1NC(=O)COC(=O)CCc1ccccc1. The lowest BCUT2D eigenvalue weighted by molar-refractivity contribution is -0.384. The third kappa shape index (κ3) is 5.59. The third-order valence-corrected chi connectivity index (χ3v) is 3.49. The van der Waals surface area contributed by atoms with Gasteiger partial charge in [0.1, 0.15) is 5.75 Å². The molecule has 0 spiro atoms. The molecule has 2 rings (SSSR count). The predicted molar refractivity (Wildman–Crippen MR) is 94.0 cm³/mol. The van der Waals surface area contributed by atoms with Crippen molar-refractivity contribution in [1.82, 2.24) is 0 Å². The van der Waals surface area contributed by atoms with Gasteiger partial charge in [-0.05, 0) is 18.1 Å². The van der Waals surface area contributed by atoms with Gasteiger partial charge in [0.2, 0.25) is 0 Å². The number of anilines is 1. The van der Waals surface area contributed by atoms with Gasteiger partial charge in [0.05, 0.1) is 17.7 Å². The third-order valence-electron chi connectivity index (χ3n) is 3.49. The van der Waals surface area contributed by atoms with Gasteiger partial charge in [0, 0.05) is 18.6 Å². The van der Waals surface area contributed by atoms with Gasteiger partial charge in [-0.2, -0.15) is 0 Å². The molecule has 0 aliphatic carbocycles. The summed E-state index contributed by atoms with van der Waals surface area (Å²) in [5.41, 5.74) is 0.934. The van der Waals surface area contributed by atoms with Crippen LogP contribution in [0.5, 0.6) is 5.75 Å². The van der Waals surface area contributed by atoms with Crippen LogP contribution in [-0.4, -0.2) is 30.5 Å². The molecule has 0 aromatic heterocycles. The van der Waals surface area contributed by atoms with Gasteiger partial charge in [0.25, 0.3) is 11.6 Å². The Morgan fingerprint density at radius 3 is 2.54 bits per heavy atom. The van der Waals surface area contributed by atoms with E-state index in [0.717, 1.165) is 5.56 Å². The number of rotatable bonds is 8. The monoisotopic (exact) mass is 358 g/mol. The summed E-state index contributed by atoms with van der Waals surface area (Å²) >= 11 is 0. The average molecular weight is 358 g/mol. The first kappa shape index (κ1) is 18.9. The van der Waals surface area contributed by atoms with E-state index >= 15 is 0 Å². The summed E-state index contributed by atoms with van der Waals surface area (Å²) in [6.45, 7) is -0.487. The molecular weight excluding hydrogens is 340 g/mol. The van der Waals surface area contributed by atoms with E-state index in [1.165, 1.54) is 25.3 Å². The molecule has 0 atom stereocenters. The first-order valence-electron chi connectivity index (χ1n) is 7.81. The van der Waals surface area contributed by atoms with E-state index in [2.05, 4.69) is 5.32 Å². The van der Waals surface area contributed by atoms with Gasteiger partial charge < -0.3 is 14.8 Å². The van der Waals surface area contributed by atoms with Crippen LogP contribution in [0.3, 0.4) is 0 Å². The zero-order chi connectivity index (χ0) is 18.9. The molecule has 0 fully saturated rings. The molecule has 0 bridgehead atoms. The Morgan fingerprint density at radius 2 is 1.88 bits per heavy atom. The Hall–Kier alpha value is -3.42. The average Bonchev–Trinajstić information content (AvgIpc) is 2.65. The number of hydrogen-bond donors (Lipinski definition) is 1. The Labute approximate surface area is 149 Å². The van der Waals surface area contributed by atoms with Gasteiger partial charge in [-0.3, -0.25) is 19.7 Å². The van der Waals surface area contributed by atoms with Crippen molar-refractivity contribution in [2.45, 2.75) is 12.8 Å². The molecule has 0 aliphatic rings. The number of aryl methyl sites for hydroxylation is 1. The number of carbonyl (C=O) groups is 2. The molecule has 2 aromatic carbocycles. The molecule has 2 aromatic rings. The molecule has 8 nitrogen and oxygen atoms in total. The van der Waals surface area contributed by atoms with Gasteiger partial charge in [-0.15, -0.1) is 0 Å². The molecule has 136 valence electrons. The molecular formula is C18H18N2O6. The van der Waals surface area contributed by atoms with Crippen molar-refractivity contribution in [3.63, 3.8) is 0 Å². The van der Waals surface area contributed by atoms with E-state index in [0.29, 0.717) is 6.42 Å². The van der Waals surface area contributed by atoms with Crippen molar-refractivity contribution in [3.05, 3.63) is 64.2 Å². The first-order chi connectivity index (χ1) is 12.5. The largest absolute Gasteiger partial charge is 0.495 e. The summed E-state index contributed by atoms with van der Waals surface area (Å²) in [6, 6.07) is 13.2. The number of methoxy groups -OCH3 is 1. The Balaban J connectivity index is 1.85. The lowest BCUT2D eigenvalue weighted by Gasteiger charge is -2.10. The van der Waals surface area contributed by atoms with Crippen molar-refractivity contribution < 1.29 is 24.0 Å². The molecule has 0 unspecified atom stereocenters. The van der Waals surface area contributed by atoms with Crippen LogP contribution in [0.4, 0.5) is 11.4 Å². The molecule has 0 saturated heterocycles. The zero-order valence-corrected chi connectivity index (χ0v) is 14.1. The fraction of sp³-hybridized carbons (Fsp3) is 0.222. The smallest absolute Gasteiger partial charge is 0.306 e. The highest BCUT2D eigenvalue weighted by molar-refractivity contribution is 5.94. The van der Waals surface area contributed by atoms with Crippen LogP contribution >= 0.6 is 0 Å². The van der Waals surface area contributed by atoms with Crippen LogP contribution in [-0.2, 0) is 20.7 Å². The van der Waals surface area contributed by atoms with Crippen molar-refractivity contribution >= 4 is 23.3 Å². The van der Waals surface area contributed by atoms with E-state index in [1.54, 1.807) is 0 Å². The molecule has 0 aliphatic heterocycles. The van der Waals surface area contributed by atoms with Gasteiger partial charge in [-0.25, -0.2) is 0 Å². The number of nitro benzene ring substituents is 1. The molecule has 0 saturated carbocycles. The number of nitrogens with one attached hydrogen (secondary N) is 1. The fourth-order valence-corrected chi connectivity index (χ4v) is 2.20. The summed E-state index contributed by atoms with van der Waals surface area (Å²) in [6.07, 6.45) is 0.664. The van der Waals surface area contributed by atoms with E-state index < -0.39 is 23.4 Å². The molecule has 0 heterocycles. The maximum atomic E-state index is 11.9. The molecule has 1 N–H and O–H groups in total. The Morgan fingerprint density at radius 1 is 1.15 bits per heavy atom. The standard InChI is InChI=1S/C18H18N2O6/c1-25-16-9-8-14(20(23)24)11-15(16)19-17(21)12-26-18(22)10-7-13-5-3-2-4-6-13/h2-6,8-9,11H,7,10,12H2,1H3,(H,19,21). The maximum Gasteiger partial charge on any atom is 0.306 e. The lowest BCUT2D eigenvalue weighted by atomic mass is 10.1. The number of ether oxygens (including phenoxy) is 2. The van der Waals surface area contributed by atoms with E-state index in [1.807, 2.05) is 30.3 Å². The van der Waals surface area contributed by atoms with Gasteiger partial charge >= 0.3 is 5.97 Å². The summed E-state index contributed by atoms with van der Waals surface area (Å²) < 4.78 is 9.97. The Kier molecular flexibility index (Phi) is 6.67. The van der Waals surface area contributed by atoms with E-state index in [-0.39, 0.29) is 23.5 Å². The minimum absolute atomic E-state index is 0.132. The molecule has 26 heavy (non-hydrogen) atoms. The number of nitro groups is 1. The predicted octanol–water partition coefficient (Wildman–Crippen LogP) is 2.72. The molecule has 1 amide bonds. The number of non-ortho nitro benzene ring substituents is 1. The van der Waals surface area contributed by atoms with Crippen LogP contribution in [0.25, 0.3) is 0 Å².